The van der Waals surface area contributed by atoms with E-state index in [1.807, 2.05) is 41.0 Å². The number of thioether (sulfide) groups is 1. The minimum absolute atomic E-state index is 0.0709. The Kier molecular flexibility index (Phi) is 5.90. The zero-order chi connectivity index (χ0) is 18.5. The molecule has 1 amide bonds. The van der Waals surface area contributed by atoms with Gasteiger partial charge in [-0.1, -0.05) is 36.0 Å². The van der Waals surface area contributed by atoms with E-state index >= 15 is 0 Å². The second-order valence-electron chi connectivity index (χ2n) is 5.74. The number of carbonyl (C=O) groups is 1. The van der Waals surface area contributed by atoms with Crippen LogP contribution in [0.4, 0.5) is 5.69 Å². The monoisotopic (exact) mass is 384 g/mol. The molecule has 0 saturated heterocycles. The molecule has 0 aliphatic carbocycles. The number of thiophene rings is 1. The Morgan fingerprint density at radius 3 is 2.73 bits per heavy atom. The maximum atomic E-state index is 12.2. The van der Waals surface area contributed by atoms with Gasteiger partial charge in [-0.05, 0) is 31.5 Å². The maximum absolute atomic E-state index is 12.2. The molecule has 3 aromatic rings. The molecule has 134 valence electrons. The lowest BCUT2D eigenvalue weighted by Gasteiger charge is -2.08. The molecule has 0 saturated carbocycles. The van der Waals surface area contributed by atoms with Crippen LogP contribution in [0.2, 0.25) is 0 Å². The Balaban J connectivity index is 1.75. The van der Waals surface area contributed by atoms with Gasteiger partial charge in [0, 0.05) is 28.1 Å². The van der Waals surface area contributed by atoms with Gasteiger partial charge in [-0.3, -0.25) is 9.36 Å². The van der Waals surface area contributed by atoms with Crippen LogP contribution in [0, 0.1) is 13.8 Å². The van der Waals surface area contributed by atoms with Crippen molar-refractivity contribution in [3.63, 3.8) is 0 Å². The molecular weight excluding hydrogens is 364 g/mol. The van der Waals surface area contributed by atoms with Gasteiger partial charge in [0.05, 0.1) is 5.75 Å². The summed E-state index contributed by atoms with van der Waals surface area (Å²) in [6.45, 7) is 8.61. The van der Waals surface area contributed by atoms with Gasteiger partial charge < -0.3 is 5.32 Å². The van der Waals surface area contributed by atoms with Gasteiger partial charge in [-0.25, -0.2) is 0 Å². The van der Waals surface area contributed by atoms with Gasteiger partial charge in [0.15, 0.2) is 11.0 Å². The molecule has 1 N–H and O–H groups in total. The van der Waals surface area contributed by atoms with Crippen LogP contribution >= 0.6 is 23.1 Å². The highest BCUT2D eigenvalue weighted by Crippen LogP contribution is 2.31. The number of aryl methyl sites for hydroxylation is 1. The lowest BCUT2D eigenvalue weighted by molar-refractivity contribution is -0.113. The first-order valence-corrected chi connectivity index (χ1v) is 10.0. The molecule has 0 unspecified atom stereocenters. The molecule has 0 radical (unpaired) electrons. The van der Waals surface area contributed by atoms with Crippen molar-refractivity contribution < 1.29 is 4.79 Å². The van der Waals surface area contributed by atoms with Crippen molar-refractivity contribution >= 4 is 34.7 Å². The Hall–Kier alpha value is -2.38. The molecular formula is C19H20N4OS2. The van der Waals surface area contributed by atoms with Crippen LogP contribution < -0.4 is 5.32 Å². The van der Waals surface area contributed by atoms with Crippen LogP contribution in [0.15, 0.2) is 53.5 Å². The summed E-state index contributed by atoms with van der Waals surface area (Å²) in [5.41, 5.74) is 3.09. The summed E-state index contributed by atoms with van der Waals surface area (Å²) in [6.07, 6.45) is 1.81. The quantitative estimate of drug-likeness (QED) is 0.480. The van der Waals surface area contributed by atoms with Crippen LogP contribution in [0.1, 0.15) is 10.4 Å². The smallest absolute Gasteiger partial charge is 0.234 e. The fourth-order valence-electron chi connectivity index (χ4n) is 2.47. The number of anilines is 1. The standard InChI is InChI=1S/C19H20N4OS2/c1-4-10-23-18(16-11-25-14(3)13(16)2)21-22-19(23)26-12-17(24)20-15-8-6-5-7-9-15/h4-9,11H,1,10,12H2,2-3H3,(H,20,24). The molecule has 7 heteroatoms. The Morgan fingerprint density at radius 2 is 2.08 bits per heavy atom. The van der Waals surface area contributed by atoms with Gasteiger partial charge in [-0.2, -0.15) is 0 Å². The number of aromatic nitrogens is 3. The number of rotatable bonds is 7. The van der Waals surface area contributed by atoms with Gasteiger partial charge in [0.25, 0.3) is 0 Å². The normalized spacial score (nSPS) is 10.7. The fourth-order valence-corrected chi connectivity index (χ4v) is 4.08. The molecule has 26 heavy (non-hydrogen) atoms. The van der Waals surface area contributed by atoms with Crippen molar-refractivity contribution in [3.8, 4) is 11.4 Å². The summed E-state index contributed by atoms with van der Waals surface area (Å²) >= 11 is 3.08. The number of allylic oxidation sites excluding steroid dienone is 1. The number of benzene rings is 1. The summed E-state index contributed by atoms with van der Waals surface area (Å²) in [5.74, 6) is 1.02. The molecule has 0 spiro atoms. The number of carbonyl (C=O) groups excluding carboxylic acids is 1. The number of nitrogens with one attached hydrogen (secondary N) is 1. The molecule has 2 heterocycles. The number of nitrogens with zero attached hydrogens (tertiary/aromatic N) is 3. The van der Waals surface area contributed by atoms with E-state index in [1.54, 1.807) is 11.3 Å². The highest BCUT2D eigenvalue weighted by molar-refractivity contribution is 7.99. The highest BCUT2D eigenvalue weighted by atomic mass is 32.2. The second kappa shape index (κ2) is 8.33. The van der Waals surface area contributed by atoms with E-state index in [1.165, 1.54) is 22.2 Å². The molecule has 3 rings (SSSR count). The van der Waals surface area contributed by atoms with Gasteiger partial charge in [0.1, 0.15) is 0 Å². The van der Waals surface area contributed by atoms with E-state index in [-0.39, 0.29) is 11.7 Å². The largest absolute Gasteiger partial charge is 0.325 e. The predicted molar refractivity (Wildman–Crippen MR) is 109 cm³/mol. The Bertz CT molecular complexity index is 915. The third-order valence-electron chi connectivity index (χ3n) is 3.94. The Labute approximate surface area is 161 Å². The number of para-hydroxylation sites is 1. The molecule has 0 fully saturated rings. The minimum Gasteiger partial charge on any atom is -0.325 e. The van der Waals surface area contributed by atoms with Crippen molar-refractivity contribution in [2.45, 2.75) is 25.5 Å². The van der Waals surface area contributed by atoms with Crippen LogP contribution in [-0.4, -0.2) is 26.4 Å². The van der Waals surface area contributed by atoms with Crippen LogP contribution in [0.3, 0.4) is 0 Å². The summed E-state index contributed by atoms with van der Waals surface area (Å²) in [4.78, 5) is 13.4. The molecule has 0 aliphatic heterocycles. The van der Waals surface area contributed by atoms with Crippen molar-refractivity contribution in [2.75, 3.05) is 11.1 Å². The molecule has 0 aliphatic rings. The third kappa shape index (κ3) is 4.05. The average molecular weight is 385 g/mol. The van der Waals surface area contributed by atoms with E-state index in [4.69, 9.17) is 0 Å². The summed E-state index contributed by atoms with van der Waals surface area (Å²) in [5, 5.41) is 14.3. The van der Waals surface area contributed by atoms with Gasteiger partial charge >= 0.3 is 0 Å². The molecule has 1 aromatic carbocycles. The average Bonchev–Trinajstić information content (AvgIpc) is 3.18. The topological polar surface area (TPSA) is 59.8 Å². The van der Waals surface area contributed by atoms with Crippen molar-refractivity contribution in [3.05, 3.63) is 58.8 Å². The van der Waals surface area contributed by atoms with E-state index in [9.17, 15) is 4.79 Å². The van der Waals surface area contributed by atoms with E-state index in [0.29, 0.717) is 11.7 Å². The lowest BCUT2D eigenvalue weighted by Crippen LogP contribution is -2.14. The fraction of sp³-hybridized carbons (Fsp3) is 0.211. The summed E-state index contributed by atoms with van der Waals surface area (Å²) in [6, 6.07) is 9.42. The van der Waals surface area contributed by atoms with Crippen LogP contribution in [-0.2, 0) is 11.3 Å². The van der Waals surface area contributed by atoms with Crippen LogP contribution in [0.5, 0.6) is 0 Å². The number of hydrogen-bond acceptors (Lipinski definition) is 5. The predicted octanol–water partition coefficient (Wildman–Crippen LogP) is 4.54. The van der Waals surface area contributed by atoms with Crippen LogP contribution in [0.25, 0.3) is 11.4 Å². The summed E-state index contributed by atoms with van der Waals surface area (Å²) < 4.78 is 2.00. The molecule has 5 nitrogen and oxygen atoms in total. The first-order valence-electron chi connectivity index (χ1n) is 8.17. The molecule has 0 atom stereocenters. The van der Waals surface area contributed by atoms with E-state index in [2.05, 4.69) is 41.3 Å². The van der Waals surface area contributed by atoms with Crippen molar-refractivity contribution in [1.29, 1.82) is 0 Å². The highest BCUT2D eigenvalue weighted by Gasteiger charge is 2.18. The summed E-state index contributed by atoms with van der Waals surface area (Å²) in [7, 11) is 0. The SMILES string of the molecule is C=CCn1c(SCC(=O)Nc2ccccc2)nnc1-c1csc(C)c1C. The molecule has 2 aromatic heterocycles. The van der Waals surface area contributed by atoms with Crippen molar-refractivity contribution in [2.24, 2.45) is 0 Å². The van der Waals surface area contributed by atoms with Crippen molar-refractivity contribution in [1.82, 2.24) is 14.8 Å². The number of hydrogen-bond donors (Lipinski definition) is 1. The first kappa shape index (κ1) is 18.4. The van der Waals surface area contributed by atoms with Gasteiger partial charge in [-0.15, -0.1) is 28.1 Å². The van der Waals surface area contributed by atoms with E-state index < -0.39 is 0 Å². The second-order valence-corrected chi connectivity index (χ2v) is 7.77. The minimum atomic E-state index is -0.0709. The molecule has 0 bridgehead atoms. The van der Waals surface area contributed by atoms with E-state index in [0.717, 1.165) is 17.1 Å². The maximum Gasteiger partial charge on any atom is 0.234 e. The zero-order valence-electron chi connectivity index (χ0n) is 14.7. The van der Waals surface area contributed by atoms with Gasteiger partial charge in [0.2, 0.25) is 5.91 Å². The lowest BCUT2D eigenvalue weighted by atomic mass is 10.1. The Morgan fingerprint density at radius 1 is 1.31 bits per heavy atom. The first-order chi connectivity index (χ1) is 12.6. The third-order valence-corrected chi connectivity index (χ3v) is 5.93. The zero-order valence-corrected chi connectivity index (χ0v) is 16.4. The number of amides is 1.